The molecule has 200 valence electrons. The van der Waals surface area contributed by atoms with Crippen LogP contribution in [0.2, 0.25) is 0 Å². The highest BCUT2D eigenvalue weighted by Gasteiger charge is 2.56. The van der Waals surface area contributed by atoms with Crippen LogP contribution in [0.25, 0.3) is 16.6 Å². The fourth-order valence-corrected chi connectivity index (χ4v) is 4.71. The lowest BCUT2D eigenvalue weighted by Crippen LogP contribution is -2.53. The molecular formula is C26H23F5N4O3. The van der Waals surface area contributed by atoms with Crippen molar-refractivity contribution in [1.29, 1.82) is 0 Å². The van der Waals surface area contributed by atoms with Crippen LogP contribution >= 0.6 is 0 Å². The zero-order chi connectivity index (χ0) is 27.3. The summed E-state index contributed by atoms with van der Waals surface area (Å²) < 4.78 is 82.4. The summed E-state index contributed by atoms with van der Waals surface area (Å²) in [5.74, 6) is -1.10. The van der Waals surface area contributed by atoms with E-state index in [-0.39, 0.29) is 23.9 Å². The second-order valence-corrected chi connectivity index (χ2v) is 9.76. The molecule has 1 aliphatic rings. The summed E-state index contributed by atoms with van der Waals surface area (Å²) in [4.78, 5) is 3.60. The lowest BCUT2D eigenvalue weighted by molar-refractivity contribution is -0.260. The number of pyridine rings is 1. The summed E-state index contributed by atoms with van der Waals surface area (Å²) in [7, 11) is 0. The number of fused-ring (bicyclic) bond motifs is 2. The Hall–Kier alpha value is -3.93. The van der Waals surface area contributed by atoms with Gasteiger partial charge in [-0.15, -0.1) is 0 Å². The van der Waals surface area contributed by atoms with Gasteiger partial charge in [0.05, 0.1) is 30.1 Å². The minimum Gasteiger partial charge on any atom is -0.453 e. The Morgan fingerprint density at radius 1 is 1.05 bits per heavy atom. The molecule has 7 nitrogen and oxygen atoms in total. The largest absolute Gasteiger partial charge is 0.453 e. The molecule has 0 saturated carbocycles. The van der Waals surface area contributed by atoms with E-state index in [0.717, 1.165) is 12.1 Å². The normalized spacial score (nSPS) is 15.1. The van der Waals surface area contributed by atoms with Crippen LogP contribution in [0.1, 0.15) is 25.8 Å². The molecule has 5 rings (SSSR count). The van der Waals surface area contributed by atoms with Gasteiger partial charge in [-0.25, -0.2) is 14.1 Å². The van der Waals surface area contributed by atoms with E-state index in [1.807, 2.05) is 0 Å². The molecule has 2 N–H and O–H groups in total. The second kappa shape index (κ2) is 9.12. The highest BCUT2D eigenvalue weighted by molar-refractivity contribution is 5.92. The Labute approximate surface area is 213 Å². The van der Waals surface area contributed by atoms with Gasteiger partial charge < -0.3 is 19.9 Å². The number of aliphatic hydroxyl groups is 1. The maximum absolute atomic E-state index is 14.3. The standard InChI is InChI=1S/C26H23F5N4O3/c1-24(2,18-8-15(27)9-21-23(18)38-14-37-21)12-25(36,26(29,30)31)13-33-19-4-3-5-20-17(19)11-34-35(20)16-6-7-22(28)32-10-16/h3-11,33,36H,12-14H2,1-2H3. The zero-order valence-corrected chi connectivity index (χ0v) is 20.3. The van der Waals surface area contributed by atoms with Crippen molar-refractivity contribution in [2.45, 2.75) is 37.5 Å². The highest BCUT2D eigenvalue weighted by Crippen LogP contribution is 2.47. The van der Waals surface area contributed by atoms with Gasteiger partial charge in [-0.1, -0.05) is 19.9 Å². The molecule has 4 aromatic rings. The van der Waals surface area contributed by atoms with Crippen LogP contribution in [0.4, 0.5) is 27.6 Å². The number of benzene rings is 2. The first kappa shape index (κ1) is 25.7. The van der Waals surface area contributed by atoms with Crippen LogP contribution in [0.3, 0.4) is 0 Å². The Bertz CT molecular complexity index is 1490. The molecule has 2 aromatic carbocycles. The summed E-state index contributed by atoms with van der Waals surface area (Å²) in [5.41, 5.74) is -3.11. The quantitative estimate of drug-likeness (QED) is 0.241. The van der Waals surface area contributed by atoms with E-state index in [0.29, 0.717) is 22.3 Å². The van der Waals surface area contributed by atoms with Crippen molar-refractivity contribution < 1.29 is 36.5 Å². The van der Waals surface area contributed by atoms with Gasteiger partial charge in [-0.2, -0.15) is 22.7 Å². The molecule has 12 heteroatoms. The number of halogens is 5. The predicted octanol–water partition coefficient (Wildman–Crippen LogP) is 5.50. The number of hydrogen-bond acceptors (Lipinski definition) is 6. The predicted molar refractivity (Wildman–Crippen MR) is 128 cm³/mol. The molecule has 0 spiro atoms. The van der Waals surface area contributed by atoms with Crippen LogP contribution in [0.5, 0.6) is 11.5 Å². The molecule has 0 aliphatic carbocycles. The Morgan fingerprint density at radius 2 is 1.84 bits per heavy atom. The van der Waals surface area contributed by atoms with Crippen LogP contribution in [-0.2, 0) is 5.41 Å². The van der Waals surface area contributed by atoms with Gasteiger partial charge >= 0.3 is 6.18 Å². The molecule has 0 bridgehead atoms. The molecule has 3 heterocycles. The summed E-state index contributed by atoms with van der Waals surface area (Å²) >= 11 is 0. The Kier molecular flexibility index (Phi) is 6.17. The maximum Gasteiger partial charge on any atom is 0.418 e. The van der Waals surface area contributed by atoms with Crippen molar-refractivity contribution in [2.75, 3.05) is 18.7 Å². The number of aromatic nitrogens is 3. The molecule has 0 saturated heterocycles. The lowest BCUT2D eigenvalue weighted by Gasteiger charge is -2.38. The summed E-state index contributed by atoms with van der Waals surface area (Å²) in [5, 5.41) is 18.4. The highest BCUT2D eigenvalue weighted by atomic mass is 19.4. The molecule has 1 aliphatic heterocycles. The van der Waals surface area contributed by atoms with E-state index in [9.17, 15) is 27.1 Å². The fraction of sp³-hybridized carbons (Fsp3) is 0.308. The number of ether oxygens (including phenoxy) is 2. The number of alkyl halides is 3. The van der Waals surface area contributed by atoms with Crippen LogP contribution in [0.15, 0.2) is 54.9 Å². The summed E-state index contributed by atoms with van der Waals surface area (Å²) in [6.07, 6.45) is -3.09. The van der Waals surface area contributed by atoms with E-state index >= 15 is 0 Å². The first-order valence-corrected chi connectivity index (χ1v) is 11.6. The average Bonchev–Trinajstić information content (AvgIpc) is 3.49. The lowest BCUT2D eigenvalue weighted by atomic mass is 9.74. The number of rotatable bonds is 7. The van der Waals surface area contributed by atoms with E-state index < -0.39 is 41.9 Å². The van der Waals surface area contributed by atoms with Crippen LogP contribution in [-0.4, -0.2) is 45.0 Å². The number of nitrogens with zero attached hydrogens (tertiary/aromatic N) is 3. The van der Waals surface area contributed by atoms with Crippen molar-refractivity contribution in [3.05, 3.63) is 72.2 Å². The monoisotopic (exact) mass is 534 g/mol. The van der Waals surface area contributed by atoms with Crippen molar-refractivity contribution in [3.63, 3.8) is 0 Å². The van der Waals surface area contributed by atoms with Gasteiger partial charge in [-0.05, 0) is 42.2 Å². The average molecular weight is 534 g/mol. The number of hydrogen-bond donors (Lipinski definition) is 2. The van der Waals surface area contributed by atoms with Crippen molar-refractivity contribution in [1.82, 2.24) is 14.8 Å². The van der Waals surface area contributed by atoms with Crippen molar-refractivity contribution in [2.24, 2.45) is 0 Å². The fourth-order valence-electron chi connectivity index (χ4n) is 4.71. The van der Waals surface area contributed by atoms with Gasteiger partial charge in [0, 0.05) is 22.7 Å². The molecule has 1 unspecified atom stereocenters. The second-order valence-electron chi connectivity index (χ2n) is 9.76. The minimum absolute atomic E-state index is 0.0989. The zero-order valence-electron chi connectivity index (χ0n) is 20.3. The maximum atomic E-state index is 14.3. The van der Waals surface area contributed by atoms with Crippen LogP contribution < -0.4 is 14.8 Å². The first-order valence-electron chi connectivity index (χ1n) is 11.6. The van der Waals surface area contributed by atoms with E-state index in [2.05, 4.69) is 15.4 Å². The molecule has 0 fully saturated rings. The first-order chi connectivity index (χ1) is 17.9. The number of nitrogens with one attached hydrogen (secondary N) is 1. The number of anilines is 1. The molecule has 38 heavy (non-hydrogen) atoms. The van der Waals surface area contributed by atoms with Gasteiger partial charge in [-0.3, -0.25) is 0 Å². The van der Waals surface area contributed by atoms with Crippen molar-refractivity contribution in [3.8, 4) is 17.2 Å². The third kappa shape index (κ3) is 4.60. The smallest absolute Gasteiger partial charge is 0.418 e. The third-order valence-corrected chi connectivity index (χ3v) is 6.57. The minimum atomic E-state index is -5.02. The van der Waals surface area contributed by atoms with Crippen molar-refractivity contribution >= 4 is 16.6 Å². The molecule has 1 atom stereocenters. The molecule has 2 aromatic heterocycles. The molecule has 0 radical (unpaired) electrons. The Balaban J connectivity index is 1.44. The Morgan fingerprint density at radius 3 is 2.55 bits per heavy atom. The van der Waals surface area contributed by atoms with Gasteiger partial charge in [0.2, 0.25) is 12.7 Å². The van der Waals surface area contributed by atoms with E-state index in [4.69, 9.17) is 9.47 Å². The topological polar surface area (TPSA) is 81.4 Å². The molecule has 0 amide bonds. The van der Waals surface area contributed by atoms with Crippen LogP contribution in [0, 0.1) is 11.8 Å². The third-order valence-electron chi connectivity index (χ3n) is 6.57. The summed E-state index contributed by atoms with van der Waals surface area (Å²) in [6, 6.07) is 9.70. The SMILES string of the molecule is CC(C)(CC(O)(CNc1cccc2c1cnn2-c1ccc(F)nc1)C(F)(F)F)c1cc(F)cc2c1OCO2. The van der Waals surface area contributed by atoms with Gasteiger partial charge in [0.25, 0.3) is 0 Å². The van der Waals surface area contributed by atoms with Gasteiger partial charge in [0.15, 0.2) is 17.1 Å². The molecular weight excluding hydrogens is 511 g/mol. The van der Waals surface area contributed by atoms with Gasteiger partial charge in [0.1, 0.15) is 5.82 Å². The van der Waals surface area contributed by atoms with E-state index in [1.54, 1.807) is 18.2 Å². The van der Waals surface area contributed by atoms with E-state index in [1.165, 1.54) is 43.1 Å². The summed E-state index contributed by atoms with van der Waals surface area (Å²) in [6.45, 7) is 1.87.